The van der Waals surface area contributed by atoms with Gasteiger partial charge in [-0.2, -0.15) is 5.10 Å². The Kier molecular flexibility index (Phi) is 3.65. The molecule has 0 spiro atoms. The van der Waals surface area contributed by atoms with E-state index in [1.807, 2.05) is 30.3 Å². The fourth-order valence-corrected chi connectivity index (χ4v) is 3.36. The van der Waals surface area contributed by atoms with Crippen molar-refractivity contribution in [2.24, 2.45) is 0 Å². The van der Waals surface area contributed by atoms with E-state index in [2.05, 4.69) is 29.5 Å². The molecule has 2 aromatic carbocycles. The molecule has 5 heteroatoms. The summed E-state index contributed by atoms with van der Waals surface area (Å²) < 4.78 is 8.15. The van der Waals surface area contributed by atoms with Gasteiger partial charge in [0.05, 0.1) is 23.1 Å². The van der Waals surface area contributed by atoms with E-state index in [0.29, 0.717) is 5.69 Å². The number of hydrogen-bond acceptors (Lipinski definition) is 4. The maximum atomic E-state index is 6.16. The second-order valence-corrected chi connectivity index (χ2v) is 6.07. The van der Waals surface area contributed by atoms with Gasteiger partial charge in [0.15, 0.2) is 5.75 Å². The van der Waals surface area contributed by atoms with Crippen LogP contribution in [0.5, 0.6) is 11.5 Å². The topological polar surface area (TPSA) is 56.3 Å². The SMILES string of the molecule is CCN(CC)CCn1nc2c3c(c(N)ccc31)Oc1ccccc1-2. The van der Waals surface area contributed by atoms with Crippen LogP contribution in [0.1, 0.15) is 13.8 Å². The summed E-state index contributed by atoms with van der Waals surface area (Å²) in [6.45, 7) is 8.30. The van der Waals surface area contributed by atoms with Crippen molar-refractivity contribution in [1.29, 1.82) is 0 Å². The van der Waals surface area contributed by atoms with Crippen LogP contribution in [-0.2, 0) is 6.54 Å². The average molecular weight is 322 g/mol. The van der Waals surface area contributed by atoms with Crippen LogP contribution in [0.15, 0.2) is 36.4 Å². The monoisotopic (exact) mass is 322 g/mol. The zero-order chi connectivity index (χ0) is 16.7. The number of fused-ring (bicyclic) bond motifs is 2. The first-order chi connectivity index (χ1) is 11.7. The molecule has 0 saturated carbocycles. The molecule has 2 heterocycles. The molecule has 0 radical (unpaired) electrons. The van der Waals surface area contributed by atoms with E-state index in [1.54, 1.807) is 0 Å². The van der Waals surface area contributed by atoms with Gasteiger partial charge in [-0.25, -0.2) is 0 Å². The molecule has 0 amide bonds. The molecule has 5 nitrogen and oxygen atoms in total. The van der Waals surface area contributed by atoms with Crippen LogP contribution in [0.3, 0.4) is 0 Å². The number of rotatable bonds is 5. The van der Waals surface area contributed by atoms with Gasteiger partial charge in [0.1, 0.15) is 11.4 Å². The second-order valence-electron chi connectivity index (χ2n) is 6.07. The Balaban J connectivity index is 1.84. The third-order valence-electron chi connectivity index (χ3n) is 4.78. The van der Waals surface area contributed by atoms with Crippen LogP contribution in [0.2, 0.25) is 0 Å². The van der Waals surface area contributed by atoms with Gasteiger partial charge in [0.2, 0.25) is 0 Å². The van der Waals surface area contributed by atoms with Crippen molar-refractivity contribution in [2.45, 2.75) is 20.4 Å². The molecule has 0 unspecified atom stereocenters. The summed E-state index contributed by atoms with van der Waals surface area (Å²) in [5, 5.41) is 5.92. The number of para-hydroxylation sites is 1. The number of anilines is 1. The van der Waals surface area contributed by atoms with E-state index in [0.717, 1.165) is 59.8 Å². The summed E-state index contributed by atoms with van der Waals surface area (Å²) in [5.41, 5.74) is 9.89. The van der Waals surface area contributed by atoms with Crippen LogP contribution in [0.25, 0.3) is 22.2 Å². The fraction of sp³-hybridized carbons (Fsp3) is 0.316. The Hall–Kier alpha value is -2.53. The minimum Gasteiger partial charge on any atom is -0.454 e. The molecule has 0 saturated heterocycles. The maximum absolute atomic E-state index is 6.16. The van der Waals surface area contributed by atoms with E-state index < -0.39 is 0 Å². The third kappa shape index (κ3) is 2.24. The summed E-state index contributed by atoms with van der Waals surface area (Å²) in [4.78, 5) is 2.40. The highest BCUT2D eigenvalue weighted by Crippen LogP contribution is 2.48. The molecule has 4 rings (SSSR count). The normalized spacial score (nSPS) is 12.5. The molecule has 0 aliphatic carbocycles. The molecular weight excluding hydrogens is 300 g/mol. The number of nitrogens with two attached hydrogens (primary N) is 1. The van der Waals surface area contributed by atoms with E-state index in [4.69, 9.17) is 15.6 Å². The average Bonchev–Trinajstić information content (AvgIpc) is 2.99. The van der Waals surface area contributed by atoms with Crippen molar-refractivity contribution in [3.63, 3.8) is 0 Å². The smallest absolute Gasteiger partial charge is 0.161 e. The Morgan fingerprint density at radius 2 is 1.92 bits per heavy atom. The number of ether oxygens (including phenoxy) is 1. The van der Waals surface area contributed by atoms with Crippen LogP contribution >= 0.6 is 0 Å². The summed E-state index contributed by atoms with van der Waals surface area (Å²) >= 11 is 0. The molecule has 3 aromatic rings. The Labute approximate surface area is 141 Å². The van der Waals surface area contributed by atoms with Gasteiger partial charge in [0, 0.05) is 12.1 Å². The molecule has 2 N–H and O–H groups in total. The molecule has 124 valence electrons. The summed E-state index contributed by atoms with van der Waals surface area (Å²) in [5.74, 6) is 1.55. The highest BCUT2D eigenvalue weighted by molar-refractivity contribution is 6.04. The number of benzene rings is 2. The van der Waals surface area contributed by atoms with E-state index in [1.165, 1.54) is 0 Å². The van der Waals surface area contributed by atoms with E-state index in [9.17, 15) is 0 Å². The number of nitrogens with zero attached hydrogens (tertiary/aromatic N) is 3. The van der Waals surface area contributed by atoms with Gasteiger partial charge in [0.25, 0.3) is 0 Å². The van der Waals surface area contributed by atoms with Gasteiger partial charge in [-0.15, -0.1) is 0 Å². The van der Waals surface area contributed by atoms with Crippen molar-refractivity contribution >= 4 is 16.6 Å². The van der Waals surface area contributed by atoms with Gasteiger partial charge in [-0.05, 0) is 37.4 Å². The fourth-order valence-electron chi connectivity index (χ4n) is 3.36. The third-order valence-corrected chi connectivity index (χ3v) is 4.78. The van der Waals surface area contributed by atoms with Gasteiger partial charge in [-0.1, -0.05) is 26.0 Å². The minimum atomic E-state index is 0.654. The molecule has 1 aliphatic heterocycles. The zero-order valence-electron chi connectivity index (χ0n) is 14.1. The second kappa shape index (κ2) is 5.83. The summed E-state index contributed by atoms with van der Waals surface area (Å²) in [7, 11) is 0. The number of aromatic nitrogens is 2. The minimum absolute atomic E-state index is 0.654. The van der Waals surface area contributed by atoms with Crippen molar-refractivity contribution < 1.29 is 4.74 Å². The number of hydrogen-bond donors (Lipinski definition) is 1. The first-order valence-corrected chi connectivity index (χ1v) is 8.51. The quantitative estimate of drug-likeness (QED) is 0.569. The van der Waals surface area contributed by atoms with Crippen molar-refractivity contribution in [3.8, 4) is 22.8 Å². The summed E-state index contributed by atoms with van der Waals surface area (Å²) in [6.07, 6.45) is 0. The van der Waals surface area contributed by atoms with Crippen molar-refractivity contribution in [1.82, 2.24) is 14.7 Å². The predicted molar refractivity (Wildman–Crippen MR) is 97.4 cm³/mol. The van der Waals surface area contributed by atoms with E-state index >= 15 is 0 Å². The Morgan fingerprint density at radius 3 is 2.71 bits per heavy atom. The van der Waals surface area contributed by atoms with Crippen molar-refractivity contribution in [2.75, 3.05) is 25.4 Å². The first kappa shape index (κ1) is 15.0. The lowest BCUT2D eigenvalue weighted by atomic mass is 10.0. The van der Waals surface area contributed by atoms with Crippen LogP contribution < -0.4 is 10.5 Å². The zero-order valence-corrected chi connectivity index (χ0v) is 14.1. The number of nitrogen functional groups attached to an aromatic ring is 1. The lowest BCUT2D eigenvalue weighted by molar-refractivity contribution is 0.287. The predicted octanol–water partition coefficient (Wildman–Crippen LogP) is 3.73. The van der Waals surface area contributed by atoms with Crippen LogP contribution in [-0.4, -0.2) is 34.3 Å². The van der Waals surface area contributed by atoms with Crippen molar-refractivity contribution in [3.05, 3.63) is 36.4 Å². The molecular formula is C19H22N4O. The number of likely N-dealkylation sites (N-methyl/N-ethyl adjacent to an activating group) is 1. The van der Waals surface area contributed by atoms with Gasteiger partial charge in [-0.3, -0.25) is 4.68 Å². The lowest BCUT2D eigenvalue weighted by Gasteiger charge is -2.18. The lowest BCUT2D eigenvalue weighted by Crippen LogP contribution is -2.27. The molecule has 0 bridgehead atoms. The van der Waals surface area contributed by atoms with Crippen LogP contribution in [0, 0.1) is 0 Å². The molecule has 24 heavy (non-hydrogen) atoms. The maximum Gasteiger partial charge on any atom is 0.161 e. The highest BCUT2D eigenvalue weighted by atomic mass is 16.5. The Bertz CT molecular complexity index is 896. The first-order valence-electron chi connectivity index (χ1n) is 8.51. The molecule has 1 aliphatic rings. The van der Waals surface area contributed by atoms with Crippen LogP contribution in [0.4, 0.5) is 5.69 Å². The largest absolute Gasteiger partial charge is 0.454 e. The summed E-state index contributed by atoms with van der Waals surface area (Å²) in [6, 6.07) is 12.0. The molecule has 0 fully saturated rings. The van der Waals surface area contributed by atoms with E-state index in [-0.39, 0.29) is 0 Å². The van der Waals surface area contributed by atoms with Gasteiger partial charge >= 0.3 is 0 Å². The Morgan fingerprint density at radius 1 is 1.12 bits per heavy atom. The van der Waals surface area contributed by atoms with Gasteiger partial charge < -0.3 is 15.4 Å². The molecule has 1 aromatic heterocycles. The highest BCUT2D eigenvalue weighted by Gasteiger charge is 2.26. The molecule has 0 atom stereocenters. The standard InChI is InChI=1S/C19H22N4O/c1-3-22(4-2)11-12-23-15-10-9-14(20)19-17(15)18(21-23)13-7-5-6-8-16(13)24-19/h5-10H,3-4,11-12,20H2,1-2H3.